The van der Waals surface area contributed by atoms with Crippen LogP contribution in [0.4, 0.5) is 23.8 Å². The average Bonchev–Trinajstić information content (AvgIpc) is 2.94. The summed E-state index contributed by atoms with van der Waals surface area (Å²) in [5.41, 5.74) is 1.23. The number of carbonyl (C=O) groups excluding carboxylic acids is 1. The summed E-state index contributed by atoms with van der Waals surface area (Å²) in [7, 11) is 1.33. The van der Waals surface area contributed by atoms with Gasteiger partial charge in [0, 0.05) is 26.1 Å². The third-order valence-electron chi connectivity index (χ3n) is 3.94. The molecule has 2 amide bonds. The van der Waals surface area contributed by atoms with Crippen LogP contribution >= 0.6 is 0 Å². The number of fused-ring (bicyclic) bond motifs is 1. The van der Waals surface area contributed by atoms with Gasteiger partial charge in [-0.2, -0.15) is 18.3 Å². The van der Waals surface area contributed by atoms with Crippen LogP contribution in [0.1, 0.15) is 16.8 Å². The molecular weight excluding hydrogens is 337 g/mol. The van der Waals surface area contributed by atoms with E-state index in [0.29, 0.717) is 13.0 Å². The van der Waals surface area contributed by atoms with Gasteiger partial charge in [0.05, 0.1) is 12.7 Å². The van der Waals surface area contributed by atoms with Gasteiger partial charge in [0.15, 0.2) is 5.69 Å². The van der Waals surface area contributed by atoms with Gasteiger partial charge in [-0.15, -0.1) is 0 Å². The first-order chi connectivity index (χ1) is 11.8. The molecule has 0 saturated carbocycles. The highest BCUT2D eigenvalue weighted by atomic mass is 19.4. The number of hydrogen-bond donors (Lipinski definition) is 2. The maximum Gasteiger partial charge on any atom is 0.435 e. The molecule has 9 heteroatoms. The Balaban J connectivity index is 1.53. The number of urea groups is 1. The molecule has 3 rings (SSSR count). The van der Waals surface area contributed by atoms with Gasteiger partial charge in [0.1, 0.15) is 5.82 Å². The van der Waals surface area contributed by atoms with Crippen molar-refractivity contribution >= 4 is 11.8 Å². The van der Waals surface area contributed by atoms with Crippen molar-refractivity contribution in [3.05, 3.63) is 47.2 Å². The molecule has 1 aliphatic rings. The van der Waals surface area contributed by atoms with Crippen LogP contribution in [0, 0.1) is 0 Å². The fourth-order valence-corrected chi connectivity index (χ4v) is 2.63. The molecule has 1 aromatic heterocycles. The largest absolute Gasteiger partial charge is 0.435 e. The Morgan fingerprint density at radius 1 is 1.36 bits per heavy atom. The summed E-state index contributed by atoms with van der Waals surface area (Å²) in [6.07, 6.45) is -4.07. The number of ether oxygens (including phenoxy) is 1. The Kier molecular flexibility index (Phi) is 4.67. The van der Waals surface area contributed by atoms with Gasteiger partial charge in [-0.3, -0.25) is 10.00 Å². The number of nitrogens with one attached hydrogen (secondary N) is 2. The van der Waals surface area contributed by atoms with E-state index in [-0.39, 0.29) is 18.5 Å². The molecule has 0 fully saturated rings. The first-order valence-electron chi connectivity index (χ1n) is 7.67. The number of carbonyl (C=O) groups is 1. The minimum absolute atomic E-state index is 0.0419. The van der Waals surface area contributed by atoms with E-state index < -0.39 is 17.9 Å². The first kappa shape index (κ1) is 17.3. The summed E-state index contributed by atoms with van der Waals surface area (Å²) in [4.78, 5) is 11.9. The van der Waals surface area contributed by atoms with Crippen molar-refractivity contribution in [2.24, 2.45) is 7.05 Å². The quantitative estimate of drug-likeness (QED) is 0.891. The van der Waals surface area contributed by atoms with E-state index >= 15 is 0 Å². The number of benzene rings is 1. The van der Waals surface area contributed by atoms with Crippen LogP contribution in [0.15, 0.2) is 30.3 Å². The van der Waals surface area contributed by atoms with Gasteiger partial charge in [-0.25, -0.2) is 4.79 Å². The van der Waals surface area contributed by atoms with Gasteiger partial charge in [0.25, 0.3) is 0 Å². The van der Waals surface area contributed by atoms with E-state index in [1.807, 2.05) is 24.3 Å². The van der Waals surface area contributed by atoms with Gasteiger partial charge in [-0.1, -0.05) is 24.3 Å². The third-order valence-corrected chi connectivity index (χ3v) is 3.94. The van der Waals surface area contributed by atoms with Crippen LogP contribution in [0.25, 0.3) is 0 Å². The van der Waals surface area contributed by atoms with E-state index in [4.69, 9.17) is 4.74 Å². The molecule has 1 atom stereocenters. The van der Waals surface area contributed by atoms with E-state index in [9.17, 15) is 18.0 Å². The lowest BCUT2D eigenvalue weighted by molar-refractivity contribution is -0.141. The molecule has 1 aliphatic heterocycles. The Morgan fingerprint density at radius 3 is 2.76 bits per heavy atom. The number of nitrogens with zero attached hydrogens (tertiary/aromatic N) is 2. The molecule has 0 saturated heterocycles. The lowest BCUT2D eigenvalue weighted by atomic mass is 9.99. The molecular formula is C16H17F3N4O2. The highest BCUT2D eigenvalue weighted by Gasteiger charge is 2.34. The fourth-order valence-electron chi connectivity index (χ4n) is 2.63. The van der Waals surface area contributed by atoms with Crippen molar-refractivity contribution in [1.29, 1.82) is 0 Å². The molecule has 2 N–H and O–H groups in total. The summed E-state index contributed by atoms with van der Waals surface area (Å²) in [6.45, 7) is 0.727. The van der Waals surface area contributed by atoms with E-state index in [1.54, 1.807) is 0 Å². The first-order valence-corrected chi connectivity index (χ1v) is 7.67. The lowest BCUT2D eigenvalue weighted by Crippen LogP contribution is -2.39. The van der Waals surface area contributed by atoms with Crippen molar-refractivity contribution in [2.75, 3.05) is 11.9 Å². The molecule has 1 aromatic carbocycles. The van der Waals surface area contributed by atoms with Crippen molar-refractivity contribution in [3.63, 3.8) is 0 Å². The maximum absolute atomic E-state index is 12.6. The third kappa shape index (κ3) is 4.11. The maximum atomic E-state index is 12.6. The van der Waals surface area contributed by atoms with E-state index in [0.717, 1.165) is 16.3 Å². The Bertz CT molecular complexity index is 773. The number of hydrogen-bond acceptors (Lipinski definition) is 3. The van der Waals surface area contributed by atoms with Gasteiger partial charge < -0.3 is 10.1 Å². The Labute approximate surface area is 142 Å². The van der Waals surface area contributed by atoms with Crippen molar-refractivity contribution in [3.8, 4) is 0 Å². The number of amides is 2. The van der Waals surface area contributed by atoms with Crippen molar-refractivity contribution in [1.82, 2.24) is 15.1 Å². The van der Waals surface area contributed by atoms with Crippen molar-refractivity contribution < 1.29 is 22.7 Å². The number of aromatic nitrogens is 2. The standard InChI is InChI=1S/C16H17F3N4O2/c1-23-14(7-13(22-23)16(17,18)19)21-15(24)20-8-12-6-10-4-2-3-5-11(10)9-25-12/h2-5,7,12H,6,8-9H2,1H3,(H2,20,21,24)/t12-/m0/s1. The van der Waals surface area contributed by atoms with Crippen LogP contribution in [0.2, 0.25) is 0 Å². The lowest BCUT2D eigenvalue weighted by Gasteiger charge is -2.25. The van der Waals surface area contributed by atoms with E-state index in [1.165, 1.54) is 12.6 Å². The topological polar surface area (TPSA) is 68.2 Å². The summed E-state index contributed by atoms with van der Waals surface area (Å²) >= 11 is 0. The fraction of sp³-hybridized carbons (Fsp3) is 0.375. The van der Waals surface area contributed by atoms with E-state index in [2.05, 4.69) is 15.7 Å². The molecule has 25 heavy (non-hydrogen) atoms. The Morgan fingerprint density at radius 2 is 2.08 bits per heavy atom. The zero-order valence-electron chi connectivity index (χ0n) is 13.4. The van der Waals surface area contributed by atoms with Crippen LogP contribution < -0.4 is 10.6 Å². The highest BCUT2D eigenvalue weighted by Crippen LogP contribution is 2.29. The number of rotatable bonds is 3. The summed E-state index contributed by atoms with van der Waals surface area (Å²) in [5.74, 6) is -0.0419. The Hall–Kier alpha value is -2.55. The monoisotopic (exact) mass is 354 g/mol. The molecule has 0 bridgehead atoms. The molecule has 0 spiro atoms. The van der Waals surface area contributed by atoms with Gasteiger partial charge >= 0.3 is 12.2 Å². The predicted molar refractivity (Wildman–Crippen MR) is 84.0 cm³/mol. The second kappa shape index (κ2) is 6.75. The summed E-state index contributed by atoms with van der Waals surface area (Å²) in [6, 6.07) is 8.07. The number of anilines is 1. The summed E-state index contributed by atoms with van der Waals surface area (Å²) < 4.78 is 44.5. The average molecular weight is 354 g/mol. The zero-order chi connectivity index (χ0) is 18.0. The smallest absolute Gasteiger partial charge is 0.371 e. The molecule has 134 valence electrons. The molecule has 0 unspecified atom stereocenters. The second-order valence-corrected chi connectivity index (χ2v) is 5.78. The minimum atomic E-state index is -4.56. The zero-order valence-corrected chi connectivity index (χ0v) is 13.4. The summed E-state index contributed by atoms with van der Waals surface area (Å²) in [5, 5.41) is 8.30. The van der Waals surface area contributed by atoms with Crippen LogP contribution in [-0.4, -0.2) is 28.5 Å². The SMILES string of the molecule is Cn1nc(C(F)(F)F)cc1NC(=O)NC[C@@H]1Cc2ccccc2CO1. The van der Waals surface area contributed by atoms with Gasteiger partial charge in [0.2, 0.25) is 0 Å². The number of alkyl halides is 3. The second-order valence-electron chi connectivity index (χ2n) is 5.78. The molecule has 0 radical (unpaired) electrons. The molecule has 2 aromatic rings. The van der Waals surface area contributed by atoms with Gasteiger partial charge in [-0.05, 0) is 11.1 Å². The van der Waals surface area contributed by atoms with Crippen molar-refractivity contribution in [2.45, 2.75) is 25.3 Å². The minimum Gasteiger partial charge on any atom is -0.371 e. The molecule has 2 heterocycles. The highest BCUT2D eigenvalue weighted by molar-refractivity contribution is 5.88. The van der Waals surface area contributed by atoms with Crippen LogP contribution in [-0.2, 0) is 31.0 Å². The number of aryl methyl sites for hydroxylation is 1. The van der Waals surface area contributed by atoms with Crippen LogP contribution in [0.5, 0.6) is 0 Å². The molecule has 0 aliphatic carbocycles. The normalized spacial score (nSPS) is 17.0. The number of halogens is 3. The predicted octanol–water partition coefficient (Wildman–Crippen LogP) is 2.70. The van der Waals surface area contributed by atoms with Crippen LogP contribution in [0.3, 0.4) is 0 Å². The molecule has 6 nitrogen and oxygen atoms in total.